The topological polar surface area (TPSA) is 60.6 Å². The van der Waals surface area contributed by atoms with Crippen LogP contribution in [0.4, 0.5) is 11.5 Å². The Labute approximate surface area is 102 Å². The third-order valence-corrected chi connectivity index (χ3v) is 3.16. The van der Waals surface area contributed by atoms with Gasteiger partial charge in [0.2, 0.25) is 5.88 Å². The second kappa shape index (κ2) is 5.23. The number of hydrogen-bond acceptors (Lipinski definition) is 5. The van der Waals surface area contributed by atoms with Crippen molar-refractivity contribution in [1.29, 1.82) is 0 Å². The number of hydrogen-bond donors (Lipinski definition) is 1. The molecule has 2 rings (SSSR count). The van der Waals surface area contributed by atoms with E-state index in [1.54, 1.807) is 20.3 Å². The number of ether oxygens (including phenoxy) is 2. The maximum atomic E-state index is 5.95. The summed E-state index contributed by atoms with van der Waals surface area (Å²) in [5.74, 6) is 1.42. The smallest absolute Gasteiger partial charge is 0.215 e. The van der Waals surface area contributed by atoms with Crippen molar-refractivity contribution >= 4 is 11.5 Å². The summed E-state index contributed by atoms with van der Waals surface area (Å²) in [5.41, 5.74) is 6.65. The molecule has 0 amide bonds. The average molecular weight is 237 g/mol. The Morgan fingerprint density at radius 2 is 2.00 bits per heavy atom. The molecule has 1 aromatic rings. The molecule has 1 fully saturated rings. The fraction of sp³-hybridized carbons (Fsp3) is 0.583. The van der Waals surface area contributed by atoms with Gasteiger partial charge in [0.1, 0.15) is 0 Å². The molecule has 0 unspecified atom stereocenters. The van der Waals surface area contributed by atoms with Crippen molar-refractivity contribution in [3.63, 3.8) is 0 Å². The van der Waals surface area contributed by atoms with Crippen LogP contribution in [-0.4, -0.2) is 38.4 Å². The highest BCUT2D eigenvalue weighted by molar-refractivity contribution is 5.63. The van der Waals surface area contributed by atoms with Crippen LogP contribution in [0.2, 0.25) is 0 Å². The van der Waals surface area contributed by atoms with Crippen molar-refractivity contribution in [2.75, 3.05) is 37.9 Å². The lowest BCUT2D eigenvalue weighted by Gasteiger charge is -2.32. The predicted octanol–water partition coefficient (Wildman–Crippen LogP) is 1.29. The number of methoxy groups -OCH3 is 2. The van der Waals surface area contributed by atoms with Crippen LogP contribution in [-0.2, 0) is 4.74 Å². The second-order valence-electron chi connectivity index (χ2n) is 4.19. The van der Waals surface area contributed by atoms with Crippen molar-refractivity contribution in [3.05, 3.63) is 12.1 Å². The maximum Gasteiger partial charge on any atom is 0.215 e. The summed E-state index contributed by atoms with van der Waals surface area (Å²) in [5, 5.41) is 0. The lowest BCUT2D eigenvalue weighted by atomic mass is 10.1. The standard InChI is InChI=1S/C12H19N3O2/c1-16-9-5-7-15(8-6-9)12-10(13)3-4-11(14-12)17-2/h3-4,9H,5-8,13H2,1-2H3. The van der Waals surface area contributed by atoms with Gasteiger partial charge >= 0.3 is 0 Å². The van der Waals surface area contributed by atoms with E-state index < -0.39 is 0 Å². The Kier molecular flexibility index (Phi) is 3.68. The van der Waals surface area contributed by atoms with Crippen molar-refractivity contribution in [2.45, 2.75) is 18.9 Å². The number of nitrogens with zero attached hydrogens (tertiary/aromatic N) is 2. The van der Waals surface area contributed by atoms with Gasteiger partial charge in [-0.1, -0.05) is 0 Å². The number of nitrogen functional groups attached to an aromatic ring is 1. The van der Waals surface area contributed by atoms with Crippen LogP contribution in [0.5, 0.6) is 5.88 Å². The van der Waals surface area contributed by atoms with Crippen LogP contribution in [0.25, 0.3) is 0 Å². The van der Waals surface area contributed by atoms with Crippen LogP contribution in [0.3, 0.4) is 0 Å². The van der Waals surface area contributed by atoms with Crippen LogP contribution in [0.15, 0.2) is 12.1 Å². The van der Waals surface area contributed by atoms with E-state index in [1.165, 1.54) is 0 Å². The molecule has 0 aromatic carbocycles. The summed E-state index contributed by atoms with van der Waals surface area (Å²) >= 11 is 0. The third-order valence-electron chi connectivity index (χ3n) is 3.16. The van der Waals surface area contributed by atoms with Crippen LogP contribution in [0.1, 0.15) is 12.8 Å². The summed E-state index contributed by atoms with van der Waals surface area (Å²) in [6.07, 6.45) is 2.38. The van der Waals surface area contributed by atoms with Crippen LogP contribution >= 0.6 is 0 Å². The van der Waals surface area contributed by atoms with Crippen LogP contribution < -0.4 is 15.4 Å². The van der Waals surface area contributed by atoms with Crippen molar-refractivity contribution in [1.82, 2.24) is 4.98 Å². The number of piperidine rings is 1. The highest BCUT2D eigenvalue weighted by atomic mass is 16.5. The molecule has 0 radical (unpaired) electrons. The molecule has 2 heterocycles. The van der Waals surface area contributed by atoms with E-state index in [9.17, 15) is 0 Å². The number of rotatable bonds is 3. The first-order valence-corrected chi connectivity index (χ1v) is 5.83. The lowest BCUT2D eigenvalue weighted by molar-refractivity contribution is 0.0818. The zero-order valence-electron chi connectivity index (χ0n) is 10.3. The zero-order chi connectivity index (χ0) is 12.3. The predicted molar refractivity (Wildman–Crippen MR) is 67.4 cm³/mol. The minimum Gasteiger partial charge on any atom is -0.481 e. The fourth-order valence-electron chi connectivity index (χ4n) is 2.11. The van der Waals surface area contributed by atoms with Gasteiger partial charge in [-0.05, 0) is 18.9 Å². The SMILES string of the molecule is COc1ccc(N)c(N2CCC(OC)CC2)n1. The molecule has 0 spiro atoms. The Balaban J connectivity index is 2.12. The Morgan fingerprint density at radius 1 is 1.29 bits per heavy atom. The third kappa shape index (κ3) is 2.61. The highest BCUT2D eigenvalue weighted by Gasteiger charge is 2.21. The molecule has 1 aliphatic heterocycles. The summed E-state index contributed by atoms with van der Waals surface area (Å²) in [6, 6.07) is 3.62. The number of anilines is 2. The Bertz CT molecular complexity index is 376. The summed E-state index contributed by atoms with van der Waals surface area (Å²) in [4.78, 5) is 6.59. The van der Waals surface area contributed by atoms with Gasteiger partial charge in [-0.3, -0.25) is 0 Å². The maximum absolute atomic E-state index is 5.95. The first-order chi connectivity index (χ1) is 8.24. The van der Waals surface area contributed by atoms with Gasteiger partial charge in [0.15, 0.2) is 5.82 Å². The first-order valence-electron chi connectivity index (χ1n) is 5.83. The molecule has 17 heavy (non-hydrogen) atoms. The summed E-state index contributed by atoms with van der Waals surface area (Å²) in [6.45, 7) is 1.84. The molecule has 94 valence electrons. The molecule has 0 aliphatic carbocycles. The van der Waals surface area contributed by atoms with Gasteiger partial charge in [0.25, 0.3) is 0 Å². The fourth-order valence-corrected chi connectivity index (χ4v) is 2.11. The normalized spacial score (nSPS) is 17.2. The summed E-state index contributed by atoms with van der Waals surface area (Å²) < 4.78 is 10.5. The molecule has 2 N–H and O–H groups in total. The van der Waals surface area contributed by atoms with Crippen molar-refractivity contribution < 1.29 is 9.47 Å². The van der Waals surface area contributed by atoms with Gasteiger partial charge in [0, 0.05) is 26.3 Å². The monoisotopic (exact) mass is 237 g/mol. The van der Waals surface area contributed by atoms with Gasteiger partial charge in [0.05, 0.1) is 18.9 Å². The quantitative estimate of drug-likeness (QED) is 0.858. The molecular weight excluding hydrogens is 218 g/mol. The first kappa shape index (κ1) is 12.0. The second-order valence-corrected chi connectivity index (χ2v) is 4.19. The van der Waals surface area contributed by atoms with E-state index in [-0.39, 0.29) is 0 Å². The van der Waals surface area contributed by atoms with E-state index in [2.05, 4.69) is 9.88 Å². The number of nitrogens with two attached hydrogens (primary N) is 1. The average Bonchev–Trinajstić information content (AvgIpc) is 2.39. The van der Waals surface area contributed by atoms with E-state index in [0.29, 0.717) is 17.7 Å². The summed E-state index contributed by atoms with van der Waals surface area (Å²) in [7, 11) is 3.37. The Morgan fingerprint density at radius 3 is 2.59 bits per heavy atom. The minimum absolute atomic E-state index is 0.359. The van der Waals surface area contributed by atoms with Crippen LogP contribution in [0, 0.1) is 0 Å². The largest absolute Gasteiger partial charge is 0.481 e. The highest BCUT2D eigenvalue weighted by Crippen LogP contribution is 2.26. The molecule has 0 bridgehead atoms. The van der Waals surface area contributed by atoms with Gasteiger partial charge in [-0.25, -0.2) is 0 Å². The van der Waals surface area contributed by atoms with Gasteiger partial charge in [-0.15, -0.1) is 0 Å². The van der Waals surface area contributed by atoms with Crippen molar-refractivity contribution in [3.8, 4) is 5.88 Å². The number of pyridine rings is 1. The Hall–Kier alpha value is -1.49. The molecular formula is C12H19N3O2. The molecule has 5 heteroatoms. The zero-order valence-corrected chi connectivity index (χ0v) is 10.3. The molecule has 1 saturated heterocycles. The van der Waals surface area contributed by atoms with Gasteiger partial charge < -0.3 is 20.1 Å². The molecule has 1 aromatic heterocycles. The van der Waals surface area contributed by atoms with E-state index in [4.69, 9.17) is 15.2 Å². The molecule has 1 aliphatic rings. The van der Waals surface area contributed by atoms with E-state index in [0.717, 1.165) is 31.7 Å². The molecule has 5 nitrogen and oxygen atoms in total. The van der Waals surface area contributed by atoms with Crippen molar-refractivity contribution in [2.24, 2.45) is 0 Å². The minimum atomic E-state index is 0.359. The van der Waals surface area contributed by atoms with E-state index in [1.807, 2.05) is 6.07 Å². The lowest BCUT2D eigenvalue weighted by Crippen LogP contribution is -2.37. The van der Waals surface area contributed by atoms with E-state index >= 15 is 0 Å². The molecule has 0 atom stereocenters. The molecule has 0 saturated carbocycles. The van der Waals surface area contributed by atoms with Gasteiger partial charge in [-0.2, -0.15) is 4.98 Å². The number of aromatic nitrogens is 1.